The Hall–Kier alpha value is 0.130. The third kappa shape index (κ3) is 1.81. The second kappa shape index (κ2) is 3.50. The van der Waals surface area contributed by atoms with E-state index in [-0.39, 0.29) is 0 Å². The number of halogens is 2. The minimum absolute atomic E-state index is 0.453. The van der Waals surface area contributed by atoms with Crippen LogP contribution in [0.5, 0.6) is 0 Å². The second-order valence-corrected chi connectivity index (χ2v) is 3.18. The van der Waals surface area contributed by atoms with E-state index in [2.05, 4.69) is 37.0 Å². The molecule has 0 radical (unpaired) electrons. The molecule has 0 bridgehead atoms. The molecule has 0 aliphatic rings. The fraction of sp³-hybridized carbons (Fsp3) is 0.400. The summed E-state index contributed by atoms with van der Waals surface area (Å²) in [4.78, 5) is 0. The molecule has 0 unspecified atom stereocenters. The van der Waals surface area contributed by atoms with Crippen molar-refractivity contribution in [1.29, 1.82) is 0 Å². The zero-order valence-electron chi connectivity index (χ0n) is 4.92. The molecule has 0 amide bonds. The number of hydrogen-bond donors (Lipinski definition) is 1. The predicted molar refractivity (Wildman–Crippen MR) is 43.0 cm³/mol. The Morgan fingerprint density at radius 2 is 2.50 bits per heavy atom. The molecule has 0 aliphatic heterocycles. The van der Waals surface area contributed by atoms with Crippen LogP contribution in [0.25, 0.3) is 0 Å². The molecule has 3 nitrogen and oxygen atoms in total. The van der Waals surface area contributed by atoms with Crippen molar-refractivity contribution in [2.75, 3.05) is 5.33 Å². The van der Waals surface area contributed by atoms with Crippen LogP contribution in [-0.2, 0) is 0 Å². The van der Waals surface area contributed by atoms with Crippen molar-refractivity contribution >= 4 is 31.9 Å². The first-order valence-electron chi connectivity index (χ1n) is 2.60. The number of alkyl halides is 1. The van der Waals surface area contributed by atoms with Gasteiger partial charge in [-0.25, -0.2) is 0 Å². The normalized spacial score (nSPS) is 13.5. The van der Waals surface area contributed by atoms with Crippen molar-refractivity contribution in [1.82, 2.24) is 5.16 Å². The summed E-state index contributed by atoms with van der Waals surface area (Å²) in [6.45, 7) is 0. The molecule has 1 aromatic rings. The lowest BCUT2D eigenvalue weighted by Gasteiger charge is -1.97. The van der Waals surface area contributed by atoms with E-state index in [1.54, 1.807) is 6.07 Å². The van der Waals surface area contributed by atoms with Gasteiger partial charge in [0.25, 0.3) is 0 Å². The van der Waals surface area contributed by atoms with Crippen LogP contribution in [0.2, 0.25) is 0 Å². The summed E-state index contributed by atoms with van der Waals surface area (Å²) in [6, 6.07) is 1.63. The Bertz CT molecular complexity index is 213. The highest BCUT2D eigenvalue weighted by Gasteiger charge is 2.10. The van der Waals surface area contributed by atoms with E-state index in [0.717, 1.165) is 0 Å². The summed E-state index contributed by atoms with van der Waals surface area (Å²) < 4.78 is 5.34. The molecular weight excluding hydrogens is 266 g/mol. The van der Waals surface area contributed by atoms with Gasteiger partial charge < -0.3 is 9.63 Å². The zero-order valence-corrected chi connectivity index (χ0v) is 8.09. The summed E-state index contributed by atoms with van der Waals surface area (Å²) in [5.74, 6) is 0.462. The van der Waals surface area contributed by atoms with E-state index >= 15 is 0 Å². The van der Waals surface area contributed by atoms with Gasteiger partial charge in [-0.05, 0) is 15.9 Å². The summed E-state index contributed by atoms with van der Waals surface area (Å²) >= 11 is 6.21. The third-order valence-electron chi connectivity index (χ3n) is 0.974. The Morgan fingerprint density at radius 1 is 1.80 bits per heavy atom. The maximum Gasteiger partial charge on any atom is 0.167 e. The van der Waals surface area contributed by atoms with E-state index in [1.165, 1.54) is 0 Å². The molecule has 0 aromatic carbocycles. The van der Waals surface area contributed by atoms with Crippen LogP contribution < -0.4 is 0 Å². The molecule has 0 saturated carbocycles. The molecule has 0 spiro atoms. The lowest BCUT2D eigenvalue weighted by atomic mass is 10.3. The average molecular weight is 271 g/mol. The number of aliphatic hydroxyl groups excluding tert-OH is 1. The van der Waals surface area contributed by atoms with E-state index < -0.39 is 6.10 Å². The van der Waals surface area contributed by atoms with Crippen molar-refractivity contribution in [2.45, 2.75) is 6.10 Å². The van der Waals surface area contributed by atoms with Crippen molar-refractivity contribution in [3.63, 3.8) is 0 Å². The van der Waals surface area contributed by atoms with Gasteiger partial charge >= 0.3 is 0 Å². The highest BCUT2D eigenvalue weighted by atomic mass is 79.9. The van der Waals surface area contributed by atoms with Crippen LogP contribution in [0, 0.1) is 0 Å². The van der Waals surface area contributed by atoms with Crippen LogP contribution in [0.15, 0.2) is 15.2 Å². The number of hydrogen-bond acceptors (Lipinski definition) is 3. The van der Waals surface area contributed by atoms with E-state index in [4.69, 9.17) is 9.63 Å². The van der Waals surface area contributed by atoms with Gasteiger partial charge in [-0.1, -0.05) is 21.1 Å². The van der Waals surface area contributed by atoms with Crippen molar-refractivity contribution in [3.05, 3.63) is 16.4 Å². The second-order valence-electron chi connectivity index (χ2n) is 1.72. The van der Waals surface area contributed by atoms with Crippen LogP contribution in [0.1, 0.15) is 11.9 Å². The van der Waals surface area contributed by atoms with E-state index in [0.29, 0.717) is 15.7 Å². The minimum Gasteiger partial charge on any atom is -0.384 e. The molecule has 1 N–H and O–H groups in total. The Balaban J connectivity index is 2.74. The number of aromatic nitrogens is 1. The number of nitrogens with zero attached hydrogens (tertiary/aromatic N) is 1. The van der Waals surface area contributed by atoms with Gasteiger partial charge in [0.05, 0.1) is 0 Å². The molecule has 1 aromatic heterocycles. The minimum atomic E-state index is -0.612. The average Bonchev–Trinajstić information content (AvgIpc) is 2.34. The Labute approximate surface area is 74.7 Å². The van der Waals surface area contributed by atoms with Gasteiger partial charge in [0.15, 0.2) is 5.76 Å². The first kappa shape index (κ1) is 8.23. The molecule has 1 heterocycles. The number of rotatable bonds is 2. The molecule has 10 heavy (non-hydrogen) atoms. The lowest BCUT2D eigenvalue weighted by Crippen LogP contribution is -1.94. The van der Waals surface area contributed by atoms with Gasteiger partial charge in [-0.15, -0.1) is 0 Å². The standard InChI is InChI=1S/C5H5Br2NO2/c6-2-3(9)4-1-5(7)8-10-4/h1,3,9H,2H2/t3-/m0/s1. The van der Waals surface area contributed by atoms with Crippen LogP contribution >= 0.6 is 31.9 Å². The van der Waals surface area contributed by atoms with E-state index in [1.807, 2.05) is 0 Å². The van der Waals surface area contributed by atoms with Gasteiger partial charge in [-0.2, -0.15) is 0 Å². The summed E-state index contributed by atoms with van der Waals surface area (Å²) in [5, 5.41) is 13.1. The topological polar surface area (TPSA) is 46.3 Å². The maximum atomic E-state index is 9.14. The molecule has 0 fully saturated rings. The summed E-state index contributed by atoms with van der Waals surface area (Å²) in [6.07, 6.45) is -0.612. The molecule has 1 atom stereocenters. The fourth-order valence-electron chi connectivity index (χ4n) is 0.499. The van der Waals surface area contributed by atoms with Crippen molar-refractivity contribution in [3.8, 4) is 0 Å². The first-order valence-corrected chi connectivity index (χ1v) is 4.51. The van der Waals surface area contributed by atoms with E-state index in [9.17, 15) is 0 Å². The van der Waals surface area contributed by atoms with Crippen LogP contribution in [-0.4, -0.2) is 15.6 Å². The molecule has 1 rings (SSSR count). The zero-order chi connectivity index (χ0) is 7.56. The van der Waals surface area contributed by atoms with Crippen molar-refractivity contribution < 1.29 is 9.63 Å². The number of aliphatic hydroxyl groups is 1. The Morgan fingerprint density at radius 3 is 2.90 bits per heavy atom. The SMILES string of the molecule is O[C@@H](CBr)c1cc(Br)no1. The molecule has 0 aliphatic carbocycles. The van der Waals surface area contributed by atoms with Crippen LogP contribution in [0.4, 0.5) is 0 Å². The quantitative estimate of drug-likeness (QED) is 0.835. The largest absolute Gasteiger partial charge is 0.384 e. The highest BCUT2D eigenvalue weighted by Crippen LogP contribution is 2.18. The summed E-state index contributed by atoms with van der Waals surface area (Å²) in [7, 11) is 0. The fourth-order valence-corrected chi connectivity index (χ4v) is 1.12. The Kier molecular flexibility index (Phi) is 2.88. The third-order valence-corrected chi connectivity index (χ3v) is 1.96. The molecule has 0 saturated heterocycles. The lowest BCUT2D eigenvalue weighted by molar-refractivity contribution is 0.163. The maximum absolute atomic E-state index is 9.14. The van der Waals surface area contributed by atoms with Gasteiger partial charge in [0, 0.05) is 11.4 Å². The molecule has 56 valence electrons. The smallest absolute Gasteiger partial charge is 0.167 e. The molecule has 5 heteroatoms. The predicted octanol–water partition coefficient (Wildman–Crippen LogP) is 1.87. The molecular formula is C5H5Br2NO2. The van der Waals surface area contributed by atoms with Crippen molar-refractivity contribution in [2.24, 2.45) is 0 Å². The van der Waals surface area contributed by atoms with Gasteiger partial charge in [0.2, 0.25) is 0 Å². The van der Waals surface area contributed by atoms with Crippen LogP contribution in [0.3, 0.4) is 0 Å². The first-order chi connectivity index (χ1) is 4.74. The van der Waals surface area contributed by atoms with Gasteiger partial charge in [-0.3, -0.25) is 0 Å². The highest BCUT2D eigenvalue weighted by molar-refractivity contribution is 9.10. The monoisotopic (exact) mass is 269 g/mol. The summed E-state index contributed by atoms with van der Waals surface area (Å²) in [5.41, 5.74) is 0. The van der Waals surface area contributed by atoms with Gasteiger partial charge in [0.1, 0.15) is 10.7 Å².